The van der Waals surface area contributed by atoms with Crippen LogP contribution in [0.2, 0.25) is 0 Å². The van der Waals surface area contributed by atoms with Gasteiger partial charge in [-0.3, -0.25) is 0 Å². The summed E-state index contributed by atoms with van der Waals surface area (Å²) < 4.78 is 5.76. The first-order valence-corrected chi connectivity index (χ1v) is 7.59. The van der Waals surface area contributed by atoms with Crippen molar-refractivity contribution in [3.05, 3.63) is 66.3 Å². The van der Waals surface area contributed by atoms with Crippen LogP contribution in [-0.4, -0.2) is 13.2 Å². The second-order valence-corrected chi connectivity index (χ2v) is 5.11. The molecule has 114 valence electrons. The SMILES string of the molecule is C=C/C=C(C)\C=C/COc1cccc(C(C)NCCC)c1. The summed E-state index contributed by atoms with van der Waals surface area (Å²) >= 11 is 0. The van der Waals surface area contributed by atoms with Gasteiger partial charge < -0.3 is 10.1 Å². The number of rotatable bonds is 9. The first-order valence-electron chi connectivity index (χ1n) is 7.59. The molecule has 21 heavy (non-hydrogen) atoms. The van der Waals surface area contributed by atoms with Crippen molar-refractivity contribution in [2.24, 2.45) is 0 Å². The van der Waals surface area contributed by atoms with E-state index in [4.69, 9.17) is 4.74 Å². The fraction of sp³-hybridized carbons (Fsp3) is 0.368. The van der Waals surface area contributed by atoms with Gasteiger partial charge in [-0.1, -0.05) is 49.4 Å². The zero-order valence-electron chi connectivity index (χ0n) is 13.4. The van der Waals surface area contributed by atoms with Gasteiger partial charge in [0, 0.05) is 6.04 Å². The van der Waals surface area contributed by atoms with E-state index in [9.17, 15) is 0 Å². The summed E-state index contributed by atoms with van der Waals surface area (Å²) in [5.41, 5.74) is 2.42. The Balaban J connectivity index is 2.53. The number of nitrogens with one attached hydrogen (secondary N) is 1. The maximum absolute atomic E-state index is 5.76. The van der Waals surface area contributed by atoms with Crippen LogP contribution in [-0.2, 0) is 0 Å². The van der Waals surface area contributed by atoms with Crippen molar-refractivity contribution in [1.82, 2.24) is 5.32 Å². The predicted octanol–water partition coefficient (Wildman–Crippen LogP) is 4.81. The lowest BCUT2D eigenvalue weighted by molar-refractivity contribution is 0.362. The highest BCUT2D eigenvalue weighted by atomic mass is 16.5. The van der Waals surface area contributed by atoms with Crippen LogP contribution in [0.15, 0.2) is 60.7 Å². The van der Waals surface area contributed by atoms with Crippen LogP contribution >= 0.6 is 0 Å². The highest BCUT2D eigenvalue weighted by Crippen LogP contribution is 2.19. The van der Waals surface area contributed by atoms with Crippen LogP contribution in [0.25, 0.3) is 0 Å². The fourth-order valence-electron chi connectivity index (χ4n) is 1.97. The van der Waals surface area contributed by atoms with Crippen LogP contribution in [0.5, 0.6) is 5.75 Å². The van der Waals surface area contributed by atoms with E-state index in [1.165, 1.54) is 11.1 Å². The normalized spacial score (nSPS) is 13.4. The Hall–Kier alpha value is -1.80. The maximum atomic E-state index is 5.76. The first-order chi connectivity index (χ1) is 10.2. The van der Waals surface area contributed by atoms with Gasteiger partial charge in [0.1, 0.15) is 12.4 Å². The number of benzene rings is 1. The fourth-order valence-corrected chi connectivity index (χ4v) is 1.97. The number of allylic oxidation sites excluding steroid dienone is 4. The Kier molecular flexibility index (Phi) is 8.22. The van der Waals surface area contributed by atoms with Crippen LogP contribution in [0.4, 0.5) is 0 Å². The predicted molar refractivity (Wildman–Crippen MR) is 91.7 cm³/mol. The molecular weight excluding hydrogens is 258 g/mol. The number of hydrogen-bond acceptors (Lipinski definition) is 2. The van der Waals surface area contributed by atoms with Gasteiger partial charge in [-0.25, -0.2) is 0 Å². The van der Waals surface area contributed by atoms with Gasteiger partial charge >= 0.3 is 0 Å². The quantitative estimate of drug-likeness (QED) is 0.657. The standard InChI is InChI=1S/C19H27NO/c1-5-9-16(3)10-8-14-21-19-12-7-11-18(15-19)17(4)20-13-6-2/h5,7-12,15,17,20H,1,6,13-14H2,2-4H3/b10-8-,16-9-. The highest BCUT2D eigenvalue weighted by molar-refractivity contribution is 5.30. The van der Waals surface area contributed by atoms with Crippen LogP contribution in [0.3, 0.4) is 0 Å². The topological polar surface area (TPSA) is 21.3 Å². The van der Waals surface area contributed by atoms with Crippen molar-refractivity contribution in [2.75, 3.05) is 13.2 Å². The molecule has 0 aromatic heterocycles. The highest BCUT2D eigenvalue weighted by Gasteiger charge is 2.04. The Labute approximate surface area is 129 Å². The Morgan fingerprint density at radius 3 is 2.95 bits per heavy atom. The van der Waals surface area contributed by atoms with Crippen LogP contribution in [0, 0.1) is 0 Å². The maximum Gasteiger partial charge on any atom is 0.120 e. The molecule has 0 saturated carbocycles. The molecule has 0 bridgehead atoms. The van der Waals surface area contributed by atoms with E-state index in [1.54, 1.807) is 6.08 Å². The van der Waals surface area contributed by atoms with Gasteiger partial charge in [-0.05, 0) is 50.6 Å². The number of ether oxygens (including phenoxy) is 1. The minimum atomic E-state index is 0.349. The van der Waals surface area contributed by atoms with Gasteiger partial charge in [-0.2, -0.15) is 0 Å². The molecule has 0 amide bonds. The molecule has 1 aromatic rings. The average Bonchev–Trinajstić information content (AvgIpc) is 2.50. The third-order valence-corrected chi connectivity index (χ3v) is 3.17. The van der Waals surface area contributed by atoms with Crippen LogP contribution in [0.1, 0.15) is 38.8 Å². The lowest BCUT2D eigenvalue weighted by Gasteiger charge is -2.14. The summed E-state index contributed by atoms with van der Waals surface area (Å²) in [4.78, 5) is 0. The van der Waals surface area contributed by atoms with Gasteiger partial charge in [-0.15, -0.1) is 0 Å². The second kappa shape index (κ2) is 10.0. The molecule has 1 rings (SSSR count). The molecule has 0 aliphatic rings. The minimum Gasteiger partial charge on any atom is -0.490 e. The van der Waals surface area contributed by atoms with Crippen molar-refractivity contribution in [3.63, 3.8) is 0 Å². The molecular formula is C19H27NO. The largest absolute Gasteiger partial charge is 0.490 e. The molecule has 2 heteroatoms. The lowest BCUT2D eigenvalue weighted by atomic mass is 10.1. The molecule has 1 N–H and O–H groups in total. The van der Waals surface area contributed by atoms with Gasteiger partial charge in [0.15, 0.2) is 0 Å². The molecule has 2 nitrogen and oxygen atoms in total. The first kappa shape index (κ1) is 17.3. The summed E-state index contributed by atoms with van der Waals surface area (Å²) in [6.45, 7) is 11.7. The average molecular weight is 285 g/mol. The van der Waals surface area contributed by atoms with Gasteiger partial charge in [0.25, 0.3) is 0 Å². The van der Waals surface area contributed by atoms with Crippen molar-refractivity contribution < 1.29 is 4.74 Å². The molecule has 1 aromatic carbocycles. The third-order valence-electron chi connectivity index (χ3n) is 3.17. The Bertz CT molecular complexity index is 488. The summed E-state index contributed by atoms with van der Waals surface area (Å²) in [5.74, 6) is 0.910. The van der Waals surface area contributed by atoms with E-state index in [-0.39, 0.29) is 0 Å². The van der Waals surface area contributed by atoms with E-state index >= 15 is 0 Å². The van der Waals surface area contributed by atoms with Crippen LogP contribution < -0.4 is 10.1 Å². The van der Waals surface area contributed by atoms with E-state index in [1.807, 2.05) is 37.3 Å². The smallest absolute Gasteiger partial charge is 0.120 e. The minimum absolute atomic E-state index is 0.349. The summed E-state index contributed by atoms with van der Waals surface area (Å²) in [6, 6.07) is 8.62. The monoisotopic (exact) mass is 285 g/mol. The summed E-state index contributed by atoms with van der Waals surface area (Å²) in [5, 5.41) is 3.49. The zero-order valence-corrected chi connectivity index (χ0v) is 13.4. The van der Waals surface area contributed by atoms with Crippen molar-refractivity contribution in [1.29, 1.82) is 0 Å². The molecule has 0 radical (unpaired) electrons. The molecule has 0 aliphatic heterocycles. The summed E-state index contributed by atoms with van der Waals surface area (Å²) in [7, 11) is 0. The molecule has 0 aliphatic carbocycles. The van der Waals surface area contributed by atoms with Crippen molar-refractivity contribution >= 4 is 0 Å². The molecule has 0 heterocycles. The molecule has 1 atom stereocenters. The van der Waals surface area contributed by atoms with Crippen molar-refractivity contribution in [3.8, 4) is 5.75 Å². The second-order valence-electron chi connectivity index (χ2n) is 5.11. The Morgan fingerprint density at radius 2 is 2.24 bits per heavy atom. The van der Waals surface area contributed by atoms with E-state index in [0.717, 1.165) is 18.7 Å². The summed E-state index contributed by atoms with van der Waals surface area (Å²) in [6.07, 6.45) is 8.95. The Morgan fingerprint density at radius 1 is 1.43 bits per heavy atom. The lowest BCUT2D eigenvalue weighted by Crippen LogP contribution is -2.19. The van der Waals surface area contributed by atoms with Crippen molar-refractivity contribution in [2.45, 2.75) is 33.2 Å². The van der Waals surface area contributed by atoms with E-state index in [0.29, 0.717) is 12.6 Å². The van der Waals surface area contributed by atoms with Gasteiger partial charge in [0.05, 0.1) is 0 Å². The molecule has 0 saturated heterocycles. The van der Waals surface area contributed by atoms with E-state index < -0.39 is 0 Å². The molecule has 0 spiro atoms. The van der Waals surface area contributed by atoms with Gasteiger partial charge in [0.2, 0.25) is 0 Å². The number of hydrogen-bond donors (Lipinski definition) is 1. The molecule has 1 unspecified atom stereocenters. The third kappa shape index (κ3) is 6.96. The van der Waals surface area contributed by atoms with E-state index in [2.05, 4.69) is 37.9 Å². The zero-order chi connectivity index (χ0) is 15.5. The molecule has 0 fully saturated rings.